The van der Waals surface area contributed by atoms with Crippen molar-refractivity contribution in [2.24, 2.45) is 0 Å². The van der Waals surface area contributed by atoms with Gasteiger partial charge in [-0.1, -0.05) is 6.07 Å². The minimum atomic E-state index is -0.551. The zero-order valence-corrected chi connectivity index (χ0v) is 15.3. The van der Waals surface area contributed by atoms with E-state index in [4.69, 9.17) is 14.5 Å². The summed E-state index contributed by atoms with van der Waals surface area (Å²) in [4.78, 5) is 22.1. The van der Waals surface area contributed by atoms with E-state index in [1.807, 2.05) is 30.5 Å². The molecule has 6 nitrogen and oxygen atoms in total. The van der Waals surface area contributed by atoms with Crippen LogP contribution in [0.3, 0.4) is 0 Å². The maximum absolute atomic E-state index is 13.1. The lowest BCUT2D eigenvalue weighted by Gasteiger charge is -2.24. The number of hydrogen-bond donors (Lipinski definition) is 0. The van der Waals surface area contributed by atoms with Gasteiger partial charge in [-0.2, -0.15) is 0 Å². The van der Waals surface area contributed by atoms with Gasteiger partial charge >= 0.3 is 0 Å². The number of rotatable bonds is 1. The van der Waals surface area contributed by atoms with Gasteiger partial charge in [0.1, 0.15) is 5.82 Å². The molecule has 4 heterocycles. The first-order chi connectivity index (χ1) is 13.2. The summed E-state index contributed by atoms with van der Waals surface area (Å²) in [6, 6.07) is 7.83. The van der Waals surface area contributed by atoms with Crippen molar-refractivity contribution in [2.75, 3.05) is 13.2 Å². The minimum absolute atomic E-state index is 0.0134. The minimum Gasteiger partial charge on any atom is -0.347 e. The lowest BCUT2D eigenvalue weighted by atomic mass is 10.0. The molecule has 0 saturated carbocycles. The van der Waals surface area contributed by atoms with Crippen LogP contribution in [0.4, 0.5) is 0 Å². The Morgan fingerprint density at radius 3 is 2.81 bits per heavy atom. The third kappa shape index (κ3) is 2.76. The van der Waals surface area contributed by atoms with Crippen LogP contribution in [0.5, 0.6) is 0 Å². The number of nitrogens with zero attached hydrogens (tertiary/aromatic N) is 3. The molecule has 0 bridgehead atoms. The lowest BCUT2D eigenvalue weighted by molar-refractivity contribution is -0.165. The summed E-state index contributed by atoms with van der Waals surface area (Å²) in [7, 11) is 0. The van der Waals surface area contributed by atoms with Gasteiger partial charge in [-0.3, -0.25) is 14.3 Å². The van der Waals surface area contributed by atoms with Crippen molar-refractivity contribution < 1.29 is 9.47 Å². The van der Waals surface area contributed by atoms with Crippen molar-refractivity contribution in [1.29, 1.82) is 0 Å². The molecule has 0 unspecified atom stereocenters. The molecule has 27 heavy (non-hydrogen) atoms. The second-order valence-corrected chi connectivity index (χ2v) is 7.26. The molecule has 1 aromatic carbocycles. The number of hydrogen-bond acceptors (Lipinski definition) is 5. The van der Waals surface area contributed by atoms with Gasteiger partial charge in [0.15, 0.2) is 5.79 Å². The molecule has 2 aliphatic rings. The quantitative estimate of drug-likeness (QED) is 0.665. The van der Waals surface area contributed by atoms with Crippen LogP contribution in [-0.2, 0) is 22.4 Å². The maximum atomic E-state index is 13.1. The van der Waals surface area contributed by atoms with Gasteiger partial charge in [-0.15, -0.1) is 0 Å². The van der Waals surface area contributed by atoms with Crippen LogP contribution in [-0.4, -0.2) is 33.5 Å². The second-order valence-electron chi connectivity index (χ2n) is 7.26. The van der Waals surface area contributed by atoms with Crippen molar-refractivity contribution in [3.05, 3.63) is 58.4 Å². The Kier molecular flexibility index (Phi) is 3.84. The SMILES string of the molecule is Cc1ccncc1-c1ccc2c(=O)n3c(nc2c1)CCC1(CC3)OCCO1. The molecule has 5 rings (SSSR count). The molecule has 2 aliphatic heterocycles. The molecule has 138 valence electrons. The van der Waals surface area contributed by atoms with Crippen molar-refractivity contribution in [3.8, 4) is 11.1 Å². The topological polar surface area (TPSA) is 66.2 Å². The normalized spacial score (nSPS) is 18.6. The number of aromatic nitrogens is 3. The zero-order valence-electron chi connectivity index (χ0n) is 15.3. The van der Waals surface area contributed by atoms with E-state index in [0.717, 1.165) is 34.5 Å². The predicted octanol–water partition coefficient (Wildman–Crippen LogP) is 2.85. The third-order valence-electron chi connectivity index (χ3n) is 5.64. The molecule has 1 saturated heterocycles. The molecule has 6 heteroatoms. The van der Waals surface area contributed by atoms with Crippen molar-refractivity contribution in [1.82, 2.24) is 14.5 Å². The highest BCUT2D eigenvalue weighted by Crippen LogP contribution is 2.32. The van der Waals surface area contributed by atoms with Crippen LogP contribution >= 0.6 is 0 Å². The van der Waals surface area contributed by atoms with E-state index in [2.05, 4.69) is 11.9 Å². The maximum Gasteiger partial charge on any atom is 0.261 e. The molecular formula is C21H21N3O3. The van der Waals surface area contributed by atoms with Crippen molar-refractivity contribution >= 4 is 10.9 Å². The molecule has 0 atom stereocenters. The lowest BCUT2D eigenvalue weighted by Crippen LogP contribution is -2.31. The van der Waals surface area contributed by atoms with Gasteiger partial charge in [0, 0.05) is 43.8 Å². The van der Waals surface area contributed by atoms with Gasteiger partial charge in [0.25, 0.3) is 5.56 Å². The van der Waals surface area contributed by atoms with E-state index >= 15 is 0 Å². The van der Waals surface area contributed by atoms with Gasteiger partial charge < -0.3 is 9.47 Å². The molecule has 0 radical (unpaired) electrons. The number of ether oxygens (including phenoxy) is 2. The monoisotopic (exact) mass is 363 g/mol. The average molecular weight is 363 g/mol. The molecule has 0 amide bonds. The van der Waals surface area contributed by atoms with E-state index in [1.165, 1.54) is 0 Å². The van der Waals surface area contributed by atoms with Crippen LogP contribution in [0.1, 0.15) is 24.2 Å². The predicted molar refractivity (Wildman–Crippen MR) is 102 cm³/mol. The molecular weight excluding hydrogens is 342 g/mol. The fourth-order valence-corrected chi connectivity index (χ4v) is 4.12. The fraction of sp³-hybridized carbons (Fsp3) is 0.381. The first kappa shape index (κ1) is 16.6. The Balaban J connectivity index is 1.60. The standard InChI is InChI=1S/C21H21N3O3/c1-14-5-8-22-13-17(14)15-2-3-16-18(12-15)23-19-4-6-21(26-10-11-27-21)7-9-24(19)20(16)25/h2-3,5,8,12-13H,4,6-7,9-11H2,1H3. The zero-order chi connectivity index (χ0) is 18.4. The summed E-state index contributed by atoms with van der Waals surface area (Å²) in [5.74, 6) is 0.258. The second kappa shape index (κ2) is 6.25. The Bertz CT molecular complexity index is 1080. The first-order valence-electron chi connectivity index (χ1n) is 9.38. The van der Waals surface area contributed by atoms with Gasteiger partial charge in [-0.05, 0) is 36.2 Å². The Labute approximate surface area is 156 Å². The fourth-order valence-electron chi connectivity index (χ4n) is 4.12. The van der Waals surface area contributed by atoms with Gasteiger partial charge in [-0.25, -0.2) is 4.98 Å². The third-order valence-corrected chi connectivity index (χ3v) is 5.64. The largest absolute Gasteiger partial charge is 0.347 e. The molecule has 0 N–H and O–H groups in total. The number of pyridine rings is 1. The van der Waals surface area contributed by atoms with E-state index in [-0.39, 0.29) is 5.56 Å². The van der Waals surface area contributed by atoms with E-state index < -0.39 is 5.79 Å². The van der Waals surface area contributed by atoms with Gasteiger partial charge in [0.05, 0.1) is 24.1 Å². The number of aryl methyl sites for hydroxylation is 2. The van der Waals surface area contributed by atoms with Crippen LogP contribution < -0.4 is 5.56 Å². The van der Waals surface area contributed by atoms with Crippen LogP contribution in [0, 0.1) is 6.92 Å². The van der Waals surface area contributed by atoms with Gasteiger partial charge in [0.2, 0.25) is 0 Å². The number of benzene rings is 1. The first-order valence-corrected chi connectivity index (χ1v) is 9.38. The van der Waals surface area contributed by atoms with Crippen LogP contribution in [0.15, 0.2) is 41.5 Å². The highest BCUT2D eigenvalue weighted by atomic mass is 16.7. The summed E-state index contributed by atoms with van der Waals surface area (Å²) < 4.78 is 13.5. The van der Waals surface area contributed by atoms with E-state index in [1.54, 1.807) is 10.8 Å². The Morgan fingerprint density at radius 1 is 1.15 bits per heavy atom. The highest BCUT2D eigenvalue weighted by molar-refractivity contribution is 5.84. The van der Waals surface area contributed by atoms with Crippen molar-refractivity contribution in [2.45, 2.75) is 38.5 Å². The Hall–Kier alpha value is -2.57. The summed E-state index contributed by atoms with van der Waals surface area (Å²) in [6.45, 7) is 3.87. The average Bonchev–Trinajstić information content (AvgIpc) is 3.07. The van der Waals surface area contributed by atoms with E-state index in [9.17, 15) is 4.79 Å². The summed E-state index contributed by atoms with van der Waals surface area (Å²) >= 11 is 0. The summed E-state index contributed by atoms with van der Waals surface area (Å²) in [5, 5.41) is 0.647. The highest BCUT2D eigenvalue weighted by Gasteiger charge is 2.38. The molecule has 1 fully saturated rings. The van der Waals surface area contributed by atoms with Crippen molar-refractivity contribution in [3.63, 3.8) is 0 Å². The molecule has 2 aromatic heterocycles. The summed E-state index contributed by atoms with van der Waals surface area (Å²) in [6.07, 6.45) is 5.71. The molecule has 3 aromatic rings. The molecule has 1 spiro atoms. The smallest absolute Gasteiger partial charge is 0.261 e. The Morgan fingerprint density at radius 2 is 2.00 bits per heavy atom. The molecule has 0 aliphatic carbocycles. The number of fused-ring (bicyclic) bond motifs is 2. The van der Waals surface area contributed by atoms with Crippen LogP contribution in [0.25, 0.3) is 22.0 Å². The van der Waals surface area contributed by atoms with E-state index in [0.29, 0.717) is 38.0 Å². The van der Waals surface area contributed by atoms with Crippen LogP contribution in [0.2, 0.25) is 0 Å². The summed E-state index contributed by atoms with van der Waals surface area (Å²) in [5.41, 5.74) is 3.98.